The molecule has 14 heteroatoms. The Morgan fingerprint density at radius 2 is 1.72 bits per heavy atom. The van der Waals surface area contributed by atoms with Crippen LogP contribution in [0.1, 0.15) is 63.9 Å². The Bertz CT molecular complexity index is 1670. The number of nitrogens with zero attached hydrogens (tertiary/aromatic N) is 2. The van der Waals surface area contributed by atoms with Crippen molar-refractivity contribution in [3.8, 4) is 17.2 Å². The summed E-state index contributed by atoms with van der Waals surface area (Å²) in [5.74, 6) is -2.73. The number of aliphatic hydroxyl groups excluding tert-OH is 2. The van der Waals surface area contributed by atoms with Gasteiger partial charge in [0.25, 0.3) is 11.8 Å². The number of methoxy groups -OCH3 is 1. The zero-order valence-corrected chi connectivity index (χ0v) is 25.5. The zero-order chi connectivity index (χ0) is 33.6. The lowest BCUT2D eigenvalue weighted by molar-refractivity contribution is -0.196. The maximum Gasteiger partial charge on any atom is 0.335 e. The number of fused-ring (bicyclic) bond motifs is 1. The molecule has 6 aliphatic rings. The van der Waals surface area contributed by atoms with Crippen molar-refractivity contribution in [2.45, 2.75) is 79.9 Å². The van der Waals surface area contributed by atoms with Gasteiger partial charge in [0.1, 0.15) is 11.9 Å². The van der Waals surface area contributed by atoms with Crippen LogP contribution >= 0.6 is 0 Å². The minimum absolute atomic E-state index is 0.0477. The fourth-order valence-corrected chi connectivity index (χ4v) is 8.73. The summed E-state index contributed by atoms with van der Waals surface area (Å²) in [6.45, 7) is 1.82. The van der Waals surface area contributed by atoms with Gasteiger partial charge in [-0.05, 0) is 74.8 Å². The minimum Gasteiger partial charge on any atom is -0.504 e. The van der Waals surface area contributed by atoms with E-state index in [1.807, 2.05) is 6.07 Å². The maximum absolute atomic E-state index is 13.8. The zero-order valence-electron chi connectivity index (χ0n) is 25.5. The molecule has 47 heavy (non-hydrogen) atoms. The number of carbonyl (C=O) groups is 4. The quantitative estimate of drug-likeness (QED) is 0.225. The van der Waals surface area contributed by atoms with E-state index in [1.54, 1.807) is 24.3 Å². The predicted octanol–water partition coefficient (Wildman–Crippen LogP) is 0.507. The minimum atomic E-state index is -2.27. The Kier molecular flexibility index (Phi) is 7.28. The van der Waals surface area contributed by atoms with Crippen LogP contribution in [0, 0.1) is 5.92 Å². The Labute approximate surface area is 268 Å². The van der Waals surface area contributed by atoms with Gasteiger partial charge in [-0.2, -0.15) is 0 Å². The molecule has 0 aromatic heterocycles. The molecule has 2 bridgehead atoms. The summed E-state index contributed by atoms with van der Waals surface area (Å²) in [5.41, 5.74) is 0.748. The number of benzene rings is 2. The largest absolute Gasteiger partial charge is 0.504 e. The summed E-state index contributed by atoms with van der Waals surface area (Å²) in [7, 11) is 1.49. The first-order valence-corrected chi connectivity index (χ1v) is 15.7. The smallest absolute Gasteiger partial charge is 0.335 e. The molecule has 2 amide bonds. The molecule has 14 nitrogen and oxygen atoms in total. The number of carboxylic acids is 2. The molecule has 2 aromatic rings. The van der Waals surface area contributed by atoms with Crippen molar-refractivity contribution in [2.24, 2.45) is 5.92 Å². The molecule has 6 N–H and O–H groups in total. The molecule has 3 fully saturated rings. The van der Waals surface area contributed by atoms with Gasteiger partial charge in [0.2, 0.25) is 0 Å². The lowest BCUT2D eigenvalue weighted by atomic mass is 9.48. The lowest BCUT2D eigenvalue weighted by Gasteiger charge is -2.64. The summed E-state index contributed by atoms with van der Waals surface area (Å²) >= 11 is 0. The third kappa shape index (κ3) is 4.38. The molecule has 1 saturated heterocycles. The van der Waals surface area contributed by atoms with Crippen LogP contribution in [-0.2, 0) is 21.4 Å². The summed E-state index contributed by atoms with van der Waals surface area (Å²) in [6.07, 6.45) is -0.404. The van der Waals surface area contributed by atoms with Crippen LogP contribution in [0.2, 0.25) is 0 Å². The van der Waals surface area contributed by atoms with E-state index < -0.39 is 47.3 Å². The monoisotopic (exact) mass is 652 g/mol. The van der Waals surface area contributed by atoms with Gasteiger partial charge in [0.15, 0.2) is 23.7 Å². The third-order valence-electron chi connectivity index (χ3n) is 11.0. The van der Waals surface area contributed by atoms with E-state index in [-0.39, 0.29) is 29.2 Å². The van der Waals surface area contributed by atoms with E-state index in [4.69, 9.17) is 29.9 Å². The lowest BCUT2D eigenvalue weighted by Crippen LogP contribution is -2.78. The number of aliphatic hydroxyl groups is 3. The molecule has 2 saturated carbocycles. The average molecular weight is 653 g/mol. The number of carbonyl (C=O) groups excluding carboxylic acids is 2. The molecule has 0 radical (unpaired) electrons. The molecule has 2 unspecified atom stereocenters. The molecule has 3 heterocycles. The summed E-state index contributed by atoms with van der Waals surface area (Å²) in [6, 6.07) is 8.10. The van der Waals surface area contributed by atoms with Crippen LogP contribution in [0.25, 0.3) is 0 Å². The number of hydrogen-bond acceptors (Lipinski definition) is 11. The first-order valence-electron chi connectivity index (χ1n) is 15.7. The van der Waals surface area contributed by atoms with Crippen LogP contribution < -0.4 is 9.47 Å². The predicted molar refractivity (Wildman–Crippen MR) is 159 cm³/mol. The van der Waals surface area contributed by atoms with Gasteiger partial charge < -0.3 is 40.1 Å². The molecule has 2 aromatic carbocycles. The number of likely N-dealkylation sites (tertiary alicyclic amines) is 1. The molecule has 7 atom stereocenters. The van der Waals surface area contributed by atoms with Crippen LogP contribution in [0.5, 0.6) is 17.2 Å². The number of hydrogen-bond donors (Lipinski definition) is 6. The Balaban J connectivity index is 0.000000308. The van der Waals surface area contributed by atoms with Gasteiger partial charge in [-0.3, -0.25) is 19.4 Å². The second-order valence-corrected chi connectivity index (χ2v) is 13.3. The van der Waals surface area contributed by atoms with Crippen molar-refractivity contribution < 1.29 is 59.3 Å². The number of piperidine rings is 1. The fraction of sp³-hybridized carbons (Fsp3) is 0.515. The molecule has 3 aliphatic heterocycles. The van der Waals surface area contributed by atoms with E-state index in [1.165, 1.54) is 24.9 Å². The third-order valence-corrected chi connectivity index (χ3v) is 11.0. The highest BCUT2D eigenvalue weighted by Gasteiger charge is 2.74. The number of ether oxygens (including phenoxy) is 2. The van der Waals surface area contributed by atoms with Crippen molar-refractivity contribution in [1.29, 1.82) is 0 Å². The Morgan fingerprint density at radius 1 is 1.02 bits per heavy atom. The van der Waals surface area contributed by atoms with Crippen LogP contribution in [0.4, 0.5) is 0 Å². The number of aromatic hydroxyl groups is 1. The standard InChI is InChI=1S/C29H30N2O6.C4H6O6/c1-36-20-4-2-3-17-22(20)27(34)31(26(17)33)18-9-10-29(35)21-13-16-7-8-19(32)24-23(16)28(29,25(18)37-24)11-12-30(21)14-15-5-6-15;5-1(3(7)8)2(6)4(9)10/h2-4,7-8,15,18,21,25,32,35H,5-6,9-14H2,1H3;1-2,5-6H,(H,7,8)(H,9,10)/t18-,21-,25+,28+,29-;/m1./s1. The maximum atomic E-state index is 13.8. The SMILES string of the molecule is COc1cccc2c1C(=O)N([C@@H]1CC[C@@]3(O)[C@H]4Cc5ccc(O)c6c5[C@@]3(CCN4CC3CC3)[C@H]1O6)C2=O.O=C(O)C(O)C(O)C(=O)O. The molecular formula is C33H36N2O12. The van der Waals surface area contributed by atoms with Crippen molar-refractivity contribution in [3.05, 3.63) is 52.6 Å². The van der Waals surface area contributed by atoms with E-state index in [2.05, 4.69) is 4.90 Å². The second-order valence-electron chi connectivity index (χ2n) is 13.3. The molecular weight excluding hydrogens is 616 g/mol. The van der Waals surface area contributed by atoms with Crippen molar-refractivity contribution in [3.63, 3.8) is 0 Å². The summed E-state index contributed by atoms with van der Waals surface area (Å²) in [4.78, 5) is 50.8. The van der Waals surface area contributed by atoms with E-state index in [0.29, 0.717) is 48.7 Å². The number of amides is 2. The summed E-state index contributed by atoms with van der Waals surface area (Å²) < 4.78 is 12.0. The van der Waals surface area contributed by atoms with E-state index >= 15 is 0 Å². The number of aliphatic carboxylic acids is 2. The van der Waals surface area contributed by atoms with Crippen LogP contribution in [-0.4, -0.2) is 120 Å². The Morgan fingerprint density at radius 3 is 2.36 bits per heavy atom. The number of phenolic OH excluding ortho intramolecular Hbond substituents is 1. The van der Waals surface area contributed by atoms with Crippen LogP contribution in [0.15, 0.2) is 30.3 Å². The van der Waals surface area contributed by atoms with Gasteiger partial charge in [0.05, 0.1) is 35.3 Å². The highest BCUT2D eigenvalue weighted by atomic mass is 16.5. The van der Waals surface area contributed by atoms with Gasteiger partial charge in [-0.1, -0.05) is 12.1 Å². The van der Waals surface area contributed by atoms with E-state index in [0.717, 1.165) is 24.2 Å². The number of imide groups is 1. The highest BCUT2D eigenvalue weighted by Crippen LogP contribution is 2.66. The molecule has 250 valence electrons. The Hall–Kier alpha value is -4.24. The number of phenols is 1. The first-order chi connectivity index (χ1) is 22.4. The van der Waals surface area contributed by atoms with E-state index in [9.17, 15) is 29.4 Å². The molecule has 8 rings (SSSR count). The second kappa shape index (κ2) is 10.9. The van der Waals surface area contributed by atoms with Gasteiger partial charge in [-0.25, -0.2) is 9.59 Å². The summed E-state index contributed by atoms with van der Waals surface area (Å²) in [5, 5.41) is 56.0. The number of rotatable bonds is 7. The van der Waals surface area contributed by atoms with Crippen molar-refractivity contribution >= 4 is 23.8 Å². The normalized spacial score (nSPS) is 31.1. The fourth-order valence-electron chi connectivity index (χ4n) is 8.73. The molecule has 3 aliphatic carbocycles. The molecule has 1 spiro atoms. The van der Waals surface area contributed by atoms with Crippen LogP contribution in [0.3, 0.4) is 0 Å². The van der Waals surface area contributed by atoms with Gasteiger partial charge >= 0.3 is 11.9 Å². The topological polar surface area (TPSA) is 215 Å². The van der Waals surface area contributed by atoms with Gasteiger partial charge in [-0.15, -0.1) is 0 Å². The highest BCUT2D eigenvalue weighted by molar-refractivity contribution is 6.23. The number of carboxylic acid groups (broad SMARTS) is 2. The average Bonchev–Trinajstić information content (AvgIpc) is 3.74. The van der Waals surface area contributed by atoms with Gasteiger partial charge in [0, 0.05) is 18.2 Å². The van der Waals surface area contributed by atoms with Crippen molar-refractivity contribution in [1.82, 2.24) is 9.80 Å². The van der Waals surface area contributed by atoms with Crippen molar-refractivity contribution in [2.75, 3.05) is 20.2 Å². The first kappa shape index (κ1) is 31.4.